The van der Waals surface area contributed by atoms with Gasteiger partial charge in [-0.1, -0.05) is 20.8 Å². The number of carbonyl (C=O) groups excluding carboxylic acids is 1. The van der Waals surface area contributed by atoms with E-state index in [2.05, 4.69) is 31.0 Å². The van der Waals surface area contributed by atoms with Crippen LogP contribution in [0.2, 0.25) is 0 Å². The van der Waals surface area contributed by atoms with E-state index in [9.17, 15) is 4.79 Å². The first-order valence-electron chi connectivity index (χ1n) is 9.68. The number of morpholine rings is 1. The van der Waals surface area contributed by atoms with Crippen LogP contribution >= 0.6 is 0 Å². The number of hydrogen-bond donors (Lipinski definition) is 0. The first-order valence-corrected chi connectivity index (χ1v) is 9.68. The van der Waals surface area contributed by atoms with E-state index in [1.807, 2.05) is 34.6 Å². The Morgan fingerprint density at radius 1 is 1.22 bits per heavy atom. The molecule has 0 radical (unpaired) electrons. The predicted molar refractivity (Wildman–Crippen MR) is 101 cm³/mol. The summed E-state index contributed by atoms with van der Waals surface area (Å²) in [6.45, 7) is 10.9. The van der Waals surface area contributed by atoms with E-state index < -0.39 is 0 Å². The van der Waals surface area contributed by atoms with Crippen molar-refractivity contribution in [3.63, 3.8) is 0 Å². The zero-order valence-corrected chi connectivity index (χ0v) is 16.6. The van der Waals surface area contributed by atoms with E-state index in [4.69, 9.17) is 9.47 Å². The van der Waals surface area contributed by atoms with Crippen molar-refractivity contribution in [3.8, 4) is 0 Å². The Morgan fingerprint density at radius 3 is 2.67 bits per heavy atom. The number of nitrogens with zero attached hydrogens (tertiary/aromatic N) is 4. The lowest BCUT2D eigenvalue weighted by Crippen LogP contribution is -2.58. The number of ether oxygens (including phenoxy) is 2. The van der Waals surface area contributed by atoms with Crippen molar-refractivity contribution in [1.29, 1.82) is 0 Å². The van der Waals surface area contributed by atoms with Crippen molar-refractivity contribution in [2.75, 3.05) is 26.3 Å². The van der Waals surface area contributed by atoms with Gasteiger partial charge in [0, 0.05) is 44.2 Å². The average molecular weight is 372 g/mol. The van der Waals surface area contributed by atoms with Gasteiger partial charge >= 0.3 is 0 Å². The maximum absolute atomic E-state index is 13.3. The highest BCUT2D eigenvalue weighted by Gasteiger charge is 2.42. The maximum Gasteiger partial charge on any atom is 0.255 e. The quantitative estimate of drug-likeness (QED) is 0.769. The molecule has 1 unspecified atom stereocenters. The lowest BCUT2D eigenvalue weighted by molar-refractivity contribution is -0.176. The van der Waals surface area contributed by atoms with Crippen molar-refractivity contribution >= 4 is 11.6 Å². The van der Waals surface area contributed by atoms with Crippen LogP contribution in [0.1, 0.15) is 56.7 Å². The molecule has 2 fully saturated rings. The molecule has 2 aliphatic rings. The Kier molecular flexibility index (Phi) is 4.47. The summed E-state index contributed by atoms with van der Waals surface area (Å²) in [6, 6.07) is 3.71. The van der Waals surface area contributed by atoms with Crippen molar-refractivity contribution in [2.45, 2.75) is 57.7 Å². The van der Waals surface area contributed by atoms with Crippen LogP contribution in [0.5, 0.6) is 0 Å². The SMILES string of the molecule is CC1CN(C(=O)c2ccc3nnc(C(C)(C)C)n3c2)CC2(CCOCC2)O1. The van der Waals surface area contributed by atoms with Gasteiger partial charge in [0.05, 0.1) is 23.8 Å². The van der Waals surface area contributed by atoms with E-state index in [-0.39, 0.29) is 23.0 Å². The molecule has 4 rings (SSSR count). The molecular weight excluding hydrogens is 344 g/mol. The molecule has 27 heavy (non-hydrogen) atoms. The Hall–Kier alpha value is -1.99. The highest BCUT2D eigenvalue weighted by atomic mass is 16.5. The summed E-state index contributed by atoms with van der Waals surface area (Å²) in [4.78, 5) is 15.2. The second-order valence-corrected chi connectivity index (χ2v) is 8.83. The molecule has 7 nitrogen and oxygen atoms in total. The monoisotopic (exact) mass is 372 g/mol. The van der Waals surface area contributed by atoms with Crippen molar-refractivity contribution in [1.82, 2.24) is 19.5 Å². The second-order valence-electron chi connectivity index (χ2n) is 8.83. The van der Waals surface area contributed by atoms with Crippen LogP contribution in [0.15, 0.2) is 18.3 Å². The van der Waals surface area contributed by atoms with Crippen LogP contribution in [0.3, 0.4) is 0 Å². The maximum atomic E-state index is 13.3. The van der Waals surface area contributed by atoms with Gasteiger partial charge < -0.3 is 14.4 Å². The van der Waals surface area contributed by atoms with Gasteiger partial charge in [-0.05, 0) is 19.1 Å². The summed E-state index contributed by atoms with van der Waals surface area (Å²) in [5.74, 6) is 0.884. The number of hydrogen-bond acceptors (Lipinski definition) is 5. The van der Waals surface area contributed by atoms with E-state index >= 15 is 0 Å². The fourth-order valence-electron chi connectivity index (χ4n) is 4.11. The molecule has 2 aromatic heterocycles. The van der Waals surface area contributed by atoms with E-state index in [0.717, 1.165) is 24.3 Å². The third-order valence-corrected chi connectivity index (χ3v) is 5.42. The molecule has 0 saturated carbocycles. The Morgan fingerprint density at radius 2 is 1.96 bits per heavy atom. The van der Waals surface area contributed by atoms with Crippen LogP contribution < -0.4 is 0 Å². The minimum absolute atomic E-state index is 0.0181. The highest BCUT2D eigenvalue weighted by Crippen LogP contribution is 2.32. The summed E-state index contributed by atoms with van der Waals surface area (Å²) in [7, 11) is 0. The molecule has 1 amide bonds. The fraction of sp³-hybridized carbons (Fsp3) is 0.650. The molecule has 1 atom stereocenters. The number of fused-ring (bicyclic) bond motifs is 1. The molecule has 146 valence electrons. The van der Waals surface area contributed by atoms with E-state index in [1.54, 1.807) is 0 Å². The Bertz CT molecular complexity index is 849. The zero-order chi connectivity index (χ0) is 19.2. The minimum Gasteiger partial charge on any atom is -0.381 e. The minimum atomic E-state index is -0.275. The topological polar surface area (TPSA) is 69.0 Å². The van der Waals surface area contributed by atoms with Crippen LogP contribution in [0.25, 0.3) is 5.65 Å². The van der Waals surface area contributed by atoms with Gasteiger partial charge in [0.2, 0.25) is 0 Å². The fourth-order valence-corrected chi connectivity index (χ4v) is 4.11. The molecule has 0 aliphatic carbocycles. The normalized spacial score (nSPS) is 23.1. The Balaban J connectivity index is 1.63. The first kappa shape index (κ1) is 18.4. The van der Waals surface area contributed by atoms with Crippen molar-refractivity contribution < 1.29 is 14.3 Å². The molecular formula is C20H28N4O3. The standard InChI is InChI=1S/C20H28N4O3/c1-14-11-23(13-20(27-14)7-9-26-10-8-20)17(25)15-5-6-16-21-22-18(19(2,3)4)24(16)12-15/h5-6,12,14H,7-11,13H2,1-4H3. The van der Waals surface area contributed by atoms with Gasteiger partial charge in [0.25, 0.3) is 5.91 Å². The number of amides is 1. The largest absolute Gasteiger partial charge is 0.381 e. The van der Waals surface area contributed by atoms with E-state index in [1.165, 1.54) is 0 Å². The molecule has 4 heterocycles. The molecule has 2 aromatic rings. The summed E-state index contributed by atoms with van der Waals surface area (Å²) in [6.07, 6.45) is 3.55. The summed E-state index contributed by atoms with van der Waals surface area (Å²) >= 11 is 0. The van der Waals surface area contributed by atoms with Crippen LogP contribution in [-0.4, -0.2) is 63.4 Å². The lowest BCUT2D eigenvalue weighted by Gasteiger charge is -2.47. The molecule has 0 aromatic carbocycles. The zero-order valence-electron chi connectivity index (χ0n) is 16.6. The molecule has 1 spiro atoms. The predicted octanol–water partition coefficient (Wildman–Crippen LogP) is 2.44. The van der Waals surface area contributed by atoms with Gasteiger partial charge in [0.15, 0.2) is 5.65 Å². The molecule has 0 bridgehead atoms. The number of rotatable bonds is 1. The average Bonchev–Trinajstić information content (AvgIpc) is 3.04. The molecule has 2 aliphatic heterocycles. The number of carbonyl (C=O) groups is 1. The molecule has 2 saturated heterocycles. The third kappa shape index (κ3) is 3.46. The number of aromatic nitrogens is 3. The molecule has 7 heteroatoms. The van der Waals surface area contributed by atoms with Gasteiger partial charge in [0.1, 0.15) is 5.82 Å². The van der Waals surface area contributed by atoms with Gasteiger partial charge in [-0.3, -0.25) is 9.20 Å². The Labute approximate surface area is 159 Å². The highest BCUT2D eigenvalue weighted by molar-refractivity contribution is 5.94. The van der Waals surface area contributed by atoms with Crippen molar-refractivity contribution in [2.24, 2.45) is 0 Å². The van der Waals surface area contributed by atoms with Gasteiger partial charge in [-0.25, -0.2) is 0 Å². The summed E-state index contributed by atoms with van der Waals surface area (Å²) in [5.41, 5.74) is 0.987. The first-order chi connectivity index (χ1) is 12.8. The van der Waals surface area contributed by atoms with Crippen LogP contribution in [-0.2, 0) is 14.9 Å². The summed E-state index contributed by atoms with van der Waals surface area (Å²) < 4.78 is 13.7. The van der Waals surface area contributed by atoms with Crippen LogP contribution in [0, 0.1) is 0 Å². The number of pyridine rings is 1. The van der Waals surface area contributed by atoms with E-state index in [0.29, 0.717) is 31.9 Å². The van der Waals surface area contributed by atoms with Gasteiger partial charge in [-0.2, -0.15) is 0 Å². The van der Waals surface area contributed by atoms with Crippen molar-refractivity contribution in [3.05, 3.63) is 29.7 Å². The third-order valence-electron chi connectivity index (χ3n) is 5.42. The smallest absolute Gasteiger partial charge is 0.255 e. The van der Waals surface area contributed by atoms with Gasteiger partial charge in [-0.15, -0.1) is 10.2 Å². The summed E-state index contributed by atoms with van der Waals surface area (Å²) in [5, 5.41) is 8.55. The second kappa shape index (κ2) is 6.56. The molecule has 0 N–H and O–H groups in total. The lowest BCUT2D eigenvalue weighted by atomic mass is 9.91. The van der Waals surface area contributed by atoms with Crippen LogP contribution in [0.4, 0.5) is 0 Å².